The van der Waals surface area contributed by atoms with Gasteiger partial charge in [0.05, 0.1) is 28.2 Å². The topological polar surface area (TPSA) is 141 Å². The molecule has 0 saturated carbocycles. The maximum atomic E-state index is 13.0. The quantitative estimate of drug-likeness (QED) is 0.378. The Kier molecular flexibility index (Phi) is 8.33. The first-order chi connectivity index (χ1) is 18.4. The molecule has 2 aromatic carbocycles. The summed E-state index contributed by atoms with van der Waals surface area (Å²) in [5.41, 5.74) is 10.3. The van der Waals surface area contributed by atoms with Crippen molar-refractivity contribution in [1.82, 2.24) is 9.88 Å². The lowest BCUT2D eigenvalue weighted by molar-refractivity contribution is -0.137. The molecule has 208 valence electrons. The molecule has 5 N–H and O–H groups in total. The monoisotopic (exact) mass is 583 g/mol. The predicted molar refractivity (Wildman–Crippen MR) is 140 cm³/mol. The van der Waals surface area contributed by atoms with Gasteiger partial charge in [-0.3, -0.25) is 14.9 Å². The minimum Gasteiger partial charge on any atom is -0.449 e. The number of fused-ring (bicyclic) bond motifs is 1. The Morgan fingerprint density at radius 2 is 1.87 bits per heavy atom. The van der Waals surface area contributed by atoms with Crippen molar-refractivity contribution in [3.05, 3.63) is 58.6 Å². The summed E-state index contributed by atoms with van der Waals surface area (Å²) in [5.74, 6) is -1.85. The fourth-order valence-electron chi connectivity index (χ4n) is 4.83. The van der Waals surface area contributed by atoms with Crippen molar-refractivity contribution in [3.8, 4) is 0 Å². The van der Waals surface area contributed by atoms with Crippen molar-refractivity contribution >= 4 is 56.2 Å². The molecule has 1 aromatic heterocycles. The largest absolute Gasteiger partial charge is 0.449 e. The minimum atomic E-state index is -4.51. The first kappa shape index (κ1) is 28.6. The summed E-state index contributed by atoms with van der Waals surface area (Å²) in [6.45, 7) is 0.108. The maximum Gasteiger partial charge on any atom is 0.416 e. The highest BCUT2D eigenvalue weighted by Gasteiger charge is 2.47. The van der Waals surface area contributed by atoms with Crippen LogP contribution in [0.5, 0.6) is 0 Å². The number of nitrogens with two attached hydrogens (primary N) is 2. The molecule has 3 amide bonds. The molecule has 3 aromatic rings. The molecule has 14 heteroatoms. The van der Waals surface area contributed by atoms with Crippen LogP contribution in [-0.4, -0.2) is 54.0 Å². The highest BCUT2D eigenvalue weighted by Crippen LogP contribution is 2.46. The molecule has 4 rings (SSSR count). The molecule has 1 aliphatic heterocycles. The zero-order valence-corrected chi connectivity index (χ0v) is 22.0. The summed E-state index contributed by atoms with van der Waals surface area (Å²) in [4.78, 5) is 43.4. The molecule has 1 atom stereocenters. The Bertz CT molecular complexity index is 1390. The summed E-state index contributed by atoms with van der Waals surface area (Å²) in [6, 6.07) is 9.80. The number of rotatable bonds is 7. The van der Waals surface area contributed by atoms with E-state index in [0.29, 0.717) is 10.6 Å². The number of amides is 3. The molecule has 9 nitrogen and oxygen atoms in total. The molecule has 1 unspecified atom stereocenters. The predicted octanol–water partition coefficient (Wildman–Crippen LogP) is 4.35. The number of carbonyl (C=O) groups is 3. The number of ether oxygens (including phenoxy) is 1. The lowest BCUT2D eigenvalue weighted by Gasteiger charge is -2.45. The van der Waals surface area contributed by atoms with Crippen molar-refractivity contribution in [2.24, 2.45) is 16.9 Å². The molecule has 2 heterocycles. The van der Waals surface area contributed by atoms with E-state index in [4.69, 9.17) is 27.8 Å². The number of primary amides is 1. The number of piperidine rings is 1. The van der Waals surface area contributed by atoms with Gasteiger partial charge in [0.1, 0.15) is 6.61 Å². The van der Waals surface area contributed by atoms with Gasteiger partial charge < -0.3 is 21.1 Å². The summed E-state index contributed by atoms with van der Waals surface area (Å²) < 4.78 is 44.9. The number of aromatic nitrogens is 1. The second kappa shape index (κ2) is 11.4. The first-order valence-corrected chi connectivity index (χ1v) is 13.1. The van der Waals surface area contributed by atoms with Gasteiger partial charge >= 0.3 is 12.3 Å². The van der Waals surface area contributed by atoms with Crippen molar-refractivity contribution in [2.75, 3.05) is 31.6 Å². The van der Waals surface area contributed by atoms with Crippen LogP contribution in [0.15, 0.2) is 42.5 Å². The highest BCUT2D eigenvalue weighted by atomic mass is 35.5. The SMILES string of the molecule is NCC(=O)N1CCC(COC(=O)Nc2nc3ccc(C(F)(F)F)cc3s2)(C(C(N)=O)c2ccccc2Cl)CC1. The average Bonchev–Trinajstić information content (AvgIpc) is 3.29. The van der Waals surface area contributed by atoms with Crippen LogP contribution in [0.1, 0.15) is 29.9 Å². The number of halogens is 4. The van der Waals surface area contributed by atoms with Gasteiger partial charge in [0, 0.05) is 23.5 Å². The second-order valence-electron chi connectivity index (χ2n) is 9.20. The van der Waals surface area contributed by atoms with E-state index in [1.165, 1.54) is 6.07 Å². The fourth-order valence-corrected chi connectivity index (χ4v) is 5.96. The van der Waals surface area contributed by atoms with E-state index < -0.39 is 35.1 Å². The molecule has 0 aliphatic carbocycles. The zero-order valence-electron chi connectivity index (χ0n) is 20.5. The number of nitrogens with zero attached hydrogens (tertiary/aromatic N) is 2. The third-order valence-electron chi connectivity index (χ3n) is 6.82. The molecule has 0 spiro atoms. The molecule has 39 heavy (non-hydrogen) atoms. The van der Waals surface area contributed by atoms with Crippen LogP contribution in [-0.2, 0) is 20.5 Å². The Hall–Kier alpha value is -3.42. The number of alkyl halides is 3. The molecule has 1 aliphatic rings. The number of likely N-dealkylation sites (tertiary alicyclic amines) is 1. The number of hydrogen-bond acceptors (Lipinski definition) is 7. The summed E-state index contributed by atoms with van der Waals surface area (Å²) in [7, 11) is 0. The smallest absolute Gasteiger partial charge is 0.416 e. The van der Waals surface area contributed by atoms with Crippen LogP contribution in [0.3, 0.4) is 0 Å². The van der Waals surface area contributed by atoms with E-state index in [1.807, 2.05) is 0 Å². The van der Waals surface area contributed by atoms with E-state index in [-0.39, 0.29) is 60.3 Å². The summed E-state index contributed by atoms with van der Waals surface area (Å²) in [6.07, 6.45) is -4.88. The van der Waals surface area contributed by atoms with Crippen LogP contribution < -0.4 is 16.8 Å². The van der Waals surface area contributed by atoms with Gasteiger partial charge in [-0.25, -0.2) is 9.78 Å². The third kappa shape index (κ3) is 6.26. The number of anilines is 1. The molecular formula is C25H25ClF3N5O4S. The molecule has 0 radical (unpaired) electrons. The van der Waals surface area contributed by atoms with Crippen LogP contribution in [0, 0.1) is 5.41 Å². The minimum absolute atomic E-state index is 0.0456. The van der Waals surface area contributed by atoms with E-state index in [1.54, 1.807) is 29.2 Å². The van der Waals surface area contributed by atoms with Gasteiger partial charge in [-0.05, 0) is 42.7 Å². The molecule has 1 saturated heterocycles. The molecule has 1 fully saturated rings. The van der Waals surface area contributed by atoms with Crippen molar-refractivity contribution in [2.45, 2.75) is 24.9 Å². The normalized spacial score (nSPS) is 16.1. The summed E-state index contributed by atoms with van der Waals surface area (Å²) in [5, 5.41) is 2.81. The Labute approximate surface area is 230 Å². The third-order valence-corrected chi connectivity index (χ3v) is 8.09. The lowest BCUT2D eigenvalue weighted by Crippen LogP contribution is -2.51. The Balaban J connectivity index is 1.55. The van der Waals surface area contributed by atoms with Gasteiger partial charge in [-0.15, -0.1) is 0 Å². The van der Waals surface area contributed by atoms with E-state index >= 15 is 0 Å². The number of nitrogens with one attached hydrogen (secondary N) is 1. The first-order valence-electron chi connectivity index (χ1n) is 11.9. The highest BCUT2D eigenvalue weighted by molar-refractivity contribution is 7.22. The molecule has 0 bridgehead atoms. The van der Waals surface area contributed by atoms with E-state index in [0.717, 1.165) is 23.5 Å². The van der Waals surface area contributed by atoms with Crippen LogP contribution in [0.4, 0.5) is 23.1 Å². The second-order valence-corrected chi connectivity index (χ2v) is 10.6. The fraction of sp³-hybridized carbons (Fsp3) is 0.360. The van der Waals surface area contributed by atoms with Crippen molar-refractivity contribution < 1.29 is 32.3 Å². The summed E-state index contributed by atoms with van der Waals surface area (Å²) >= 11 is 7.27. The zero-order chi connectivity index (χ0) is 28.4. The van der Waals surface area contributed by atoms with Crippen LogP contribution in [0.2, 0.25) is 5.02 Å². The average molecular weight is 584 g/mol. The van der Waals surface area contributed by atoms with E-state index in [2.05, 4.69) is 10.3 Å². The number of thiazole rings is 1. The lowest BCUT2D eigenvalue weighted by atomic mass is 9.66. The van der Waals surface area contributed by atoms with Crippen molar-refractivity contribution in [3.63, 3.8) is 0 Å². The van der Waals surface area contributed by atoms with Gasteiger partial charge in [-0.1, -0.05) is 41.1 Å². The molecular weight excluding hydrogens is 559 g/mol. The maximum absolute atomic E-state index is 13.0. The van der Waals surface area contributed by atoms with Gasteiger partial charge in [0.25, 0.3) is 0 Å². The van der Waals surface area contributed by atoms with Crippen LogP contribution in [0.25, 0.3) is 10.2 Å². The Morgan fingerprint density at radius 1 is 1.18 bits per heavy atom. The van der Waals surface area contributed by atoms with Gasteiger partial charge in [0.2, 0.25) is 11.8 Å². The van der Waals surface area contributed by atoms with Gasteiger partial charge in [0.15, 0.2) is 5.13 Å². The number of carbonyl (C=O) groups excluding carboxylic acids is 3. The van der Waals surface area contributed by atoms with Crippen LogP contribution >= 0.6 is 22.9 Å². The van der Waals surface area contributed by atoms with E-state index in [9.17, 15) is 27.6 Å². The number of hydrogen-bond donors (Lipinski definition) is 3. The van der Waals surface area contributed by atoms with Gasteiger partial charge in [-0.2, -0.15) is 13.2 Å². The standard InChI is InChI=1S/C25H25ClF3N5O4S/c26-16-4-2-1-3-15(16)20(21(31)36)24(7-9-34(10-8-24)19(35)12-30)13-38-23(37)33-22-32-17-6-5-14(25(27,28)29)11-18(17)39-22/h1-6,11,20H,7-10,12-13,30H2,(H2,31,36)(H,32,33,37). The Morgan fingerprint density at radius 3 is 2.49 bits per heavy atom. The van der Waals surface area contributed by atoms with Crippen molar-refractivity contribution in [1.29, 1.82) is 0 Å². The number of benzene rings is 2.